The molecule has 98 valence electrons. The number of hydrogen-bond acceptors (Lipinski definition) is 2. The van der Waals surface area contributed by atoms with E-state index in [0.717, 1.165) is 31.7 Å². The highest BCUT2D eigenvalue weighted by Crippen LogP contribution is 2.34. The van der Waals surface area contributed by atoms with Crippen LogP contribution >= 0.6 is 0 Å². The first kappa shape index (κ1) is 12.9. The minimum atomic E-state index is -0.316. The maximum absolute atomic E-state index is 12.4. The van der Waals surface area contributed by atoms with Gasteiger partial charge in [0.15, 0.2) is 0 Å². The monoisotopic (exact) mass is 238 g/mol. The highest BCUT2D eigenvalue weighted by atomic mass is 16.2. The lowest BCUT2D eigenvalue weighted by atomic mass is 9.99. The average Bonchev–Trinajstić information content (AvgIpc) is 3.09. The number of hydrogen-bond donors (Lipinski definition) is 1. The zero-order valence-electron chi connectivity index (χ0n) is 11.5. The molecule has 2 atom stereocenters. The lowest BCUT2D eigenvalue weighted by Gasteiger charge is -2.23. The van der Waals surface area contributed by atoms with E-state index in [2.05, 4.69) is 31.0 Å². The first-order valence-corrected chi connectivity index (χ1v) is 7.19. The van der Waals surface area contributed by atoms with Crippen LogP contribution < -0.4 is 5.32 Å². The van der Waals surface area contributed by atoms with Gasteiger partial charge in [0.05, 0.1) is 11.7 Å². The summed E-state index contributed by atoms with van der Waals surface area (Å²) in [6.07, 6.45) is 7.31. The summed E-state index contributed by atoms with van der Waals surface area (Å²) in [5.74, 6) is 1.22. The number of rotatable bonds is 6. The van der Waals surface area contributed by atoms with Crippen molar-refractivity contribution in [1.82, 2.24) is 10.2 Å². The quantitative estimate of drug-likeness (QED) is 0.771. The predicted octanol–water partition coefficient (Wildman–Crippen LogP) is 2.51. The number of carbonyl (C=O) groups is 1. The largest absolute Gasteiger partial charge is 0.326 e. The Bertz CT molecular complexity index is 288. The van der Waals surface area contributed by atoms with Gasteiger partial charge in [-0.15, -0.1) is 0 Å². The van der Waals surface area contributed by atoms with Crippen LogP contribution in [0.1, 0.15) is 59.3 Å². The Balaban J connectivity index is 1.99. The maximum atomic E-state index is 12.4. The summed E-state index contributed by atoms with van der Waals surface area (Å²) in [7, 11) is 0. The molecule has 1 aliphatic heterocycles. The van der Waals surface area contributed by atoms with Gasteiger partial charge in [-0.2, -0.15) is 0 Å². The van der Waals surface area contributed by atoms with Gasteiger partial charge < -0.3 is 4.90 Å². The Hall–Kier alpha value is -0.570. The summed E-state index contributed by atoms with van der Waals surface area (Å²) in [6, 6.07) is 0. The molecule has 2 aliphatic rings. The molecule has 0 bridgehead atoms. The molecular weight excluding hydrogens is 212 g/mol. The third kappa shape index (κ3) is 2.65. The molecule has 1 N–H and O–H groups in total. The summed E-state index contributed by atoms with van der Waals surface area (Å²) >= 11 is 0. The van der Waals surface area contributed by atoms with Crippen molar-refractivity contribution < 1.29 is 4.79 Å². The second-order valence-electron chi connectivity index (χ2n) is 5.87. The molecule has 1 aliphatic carbocycles. The van der Waals surface area contributed by atoms with Crippen LogP contribution in [0.15, 0.2) is 0 Å². The van der Waals surface area contributed by atoms with Crippen LogP contribution in [0.4, 0.5) is 0 Å². The standard InChI is InChI=1S/C14H26N2O/c1-4-6-12-15-14(3,5-2)13(17)16(12)10-9-11-7-8-11/h11-12,15H,4-10H2,1-3H3. The zero-order chi connectivity index (χ0) is 12.5. The molecule has 1 saturated heterocycles. The average molecular weight is 238 g/mol. The molecule has 0 spiro atoms. The molecule has 1 heterocycles. The van der Waals surface area contributed by atoms with Gasteiger partial charge in [-0.3, -0.25) is 10.1 Å². The third-order valence-electron chi connectivity index (χ3n) is 4.34. The molecule has 2 unspecified atom stereocenters. The molecule has 2 rings (SSSR count). The Kier molecular flexibility index (Phi) is 3.76. The Morgan fingerprint density at radius 3 is 2.59 bits per heavy atom. The number of carbonyl (C=O) groups excluding carboxylic acids is 1. The lowest BCUT2D eigenvalue weighted by molar-refractivity contribution is -0.133. The van der Waals surface area contributed by atoms with Crippen LogP contribution in [0.5, 0.6) is 0 Å². The Morgan fingerprint density at radius 2 is 2.06 bits per heavy atom. The van der Waals surface area contributed by atoms with E-state index >= 15 is 0 Å². The summed E-state index contributed by atoms with van der Waals surface area (Å²) in [4.78, 5) is 14.5. The van der Waals surface area contributed by atoms with E-state index in [4.69, 9.17) is 0 Å². The second-order valence-corrected chi connectivity index (χ2v) is 5.87. The molecule has 17 heavy (non-hydrogen) atoms. The van der Waals surface area contributed by atoms with E-state index in [0.29, 0.717) is 5.91 Å². The first-order valence-electron chi connectivity index (χ1n) is 7.19. The van der Waals surface area contributed by atoms with Gasteiger partial charge in [-0.05, 0) is 32.1 Å². The predicted molar refractivity (Wildman–Crippen MR) is 69.6 cm³/mol. The maximum Gasteiger partial charge on any atom is 0.243 e. The zero-order valence-corrected chi connectivity index (χ0v) is 11.5. The minimum Gasteiger partial charge on any atom is -0.326 e. The fourth-order valence-electron chi connectivity index (χ4n) is 2.71. The Morgan fingerprint density at radius 1 is 1.35 bits per heavy atom. The highest BCUT2D eigenvalue weighted by molar-refractivity contribution is 5.88. The van der Waals surface area contributed by atoms with E-state index in [1.807, 2.05) is 0 Å². The van der Waals surface area contributed by atoms with Gasteiger partial charge >= 0.3 is 0 Å². The van der Waals surface area contributed by atoms with Crippen molar-refractivity contribution >= 4 is 5.91 Å². The van der Waals surface area contributed by atoms with Crippen molar-refractivity contribution in [3.05, 3.63) is 0 Å². The molecule has 0 aromatic rings. The minimum absolute atomic E-state index is 0.274. The van der Waals surface area contributed by atoms with E-state index in [1.54, 1.807) is 0 Å². The smallest absolute Gasteiger partial charge is 0.243 e. The van der Waals surface area contributed by atoms with Crippen LogP contribution in [0, 0.1) is 5.92 Å². The third-order valence-corrected chi connectivity index (χ3v) is 4.34. The van der Waals surface area contributed by atoms with E-state index < -0.39 is 0 Å². The molecular formula is C14H26N2O. The van der Waals surface area contributed by atoms with Crippen LogP contribution in [0.25, 0.3) is 0 Å². The van der Waals surface area contributed by atoms with Gasteiger partial charge in [0.1, 0.15) is 0 Å². The highest BCUT2D eigenvalue weighted by Gasteiger charge is 2.46. The van der Waals surface area contributed by atoms with E-state index in [9.17, 15) is 4.79 Å². The van der Waals surface area contributed by atoms with Gasteiger partial charge in [0, 0.05) is 6.54 Å². The topological polar surface area (TPSA) is 32.3 Å². The van der Waals surface area contributed by atoms with Gasteiger partial charge in [-0.1, -0.05) is 33.1 Å². The van der Waals surface area contributed by atoms with Crippen LogP contribution in [-0.2, 0) is 4.79 Å². The van der Waals surface area contributed by atoms with Gasteiger partial charge in [0.25, 0.3) is 0 Å². The van der Waals surface area contributed by atoms with Gasteiger partial charge in [0.2, 0.25) is 5.91 Å². The molecule has 3 heteroatoms. The summed E-state index contributed by atoms with van der Waals surface area (Å²) in [6.45, 7) is 7.29. The summed E-state index contributed by atoms with van der Waals surface area (Å²) < 4.78 is 0. The van der Waals surface area contributed by atoms with Crippen molar-refractivity contribution in [3.63, 3.8) is 0 Å². The van der Waals surface area contributed by atoms with Crippen LogP contribution in [0.3, 0.4) is 0 Å². The van der Waals surface area contributed by atoms with Crippen molar-refractivity contribution in [2.75, 3.05) is 6.54 Å². The van der Waals surface area contributed by atoms with Crippen molar-refractivity contribution in [1.29, 1.82) is 0 Å². The van der Waals surface area contributed by atoms with E-state index in [1.165, 1.54) is 19.3 Å². The summed E-state index contributed by atoms with van der Waals surface area (Å²) in [5.41, 5.74) is -0.316. The van der Waals surface area contributed by atoms with Gasteiger partial charge in [-0.25, -0.2) is 0 Å². The molecule has 3 nitrogen and oxygen atoms in total. The van der Waals surface area contributed by atoms with Crippen molar-refractivity contribution in [2.45, 2.75) is 71.0 Å². The number of nitrogens with one attached hydrogen (secondary N) is 1. The molecule has 0 aromatic carbocycles. The lowest BCUT2D eigenvalue weighted by Crippen LogP contribution is -2.43. The molecule has 2 fully saturated rings. The first-order chi connectivity index (χ1) is 8.10. The summed E-state index contributed by atoms with van der Waals surface area (Å²) in [5, 5.41) is 3.54. The Labute approximate surface area is 105 Å². The molecule has 1 amide bonds. The number of nitrogens with zero attached hydrogens (tertiary/aromatic N) is 1. The van der Waals surface area contributed by atoms with Crippen LogP contribution in [-0.4, -0.2) is 29.1 Å². The molecule has 0 radical (unpaired) electrons. The van der Waals surface area contributed by atoms with Crippen molar-refractivity contribution in [2.24, 2.45) is 5.92 Å². The van der Waals surface area contributed by atoms with E-state index in [-0.39, 0.29) is 11.7 Å². The normalized spacial score (nSPS) is 33.5. The van der Waals surface area contributed by atoms with Crippen LogP contribution in [0.2, 0.25) is 0 Å². The van der Waals surface area contributed by atoms with Crippen molar-refractivity contribution in [3.8, 4) is 0 Å². The fourth-order valence-corrected chi connectivity index (χ4v) is 2.71. The second kappa shape index (κ2) is 4.97. The number of amides is 1. The molecule has 1 saturated carbocycles. The molecule has 0 aromatic heterocycles. The SMILES string of the molecule is CCCC1NC(C)(CC)C(=O)N1CCC1CC1. The fraction of sp³-hybridized carbons (Fsp3) is 0.929.